The molecule has 2 aromatic rings. The summed E-state index contributed by atoms with van der Waals surface area (Å²) in [6, 6.07) is 17.4. The number of hydrogen-bond donors (Lipinski definition) is 2. The molecule has 1 amide bonds. The number of hydrogen-bond acceptors (Lipinski definition) is 3. The third-order valence-corrected chi connectivity index (χ3v) is 4.00. The fourth-order valence-corrected chi connectivity index (χ4v) is 2.78. The topological polar surface area (TPSA) is 50.4 Å². The fourth-order valence-electron chi connectivity index (χ4n) is 2.78. The molecule has 2 N–H and O–H groups in total. The minimum Gasteiger partial charge on any atom is -0.378 e. The number of carbonyl (C=O) groups excluding carboxylic acids is 1. The number of anilines is 2. The molecule has 0 unspecified atom stereocenters. The van der Waals surface area contributed by atoms with E-state index < -0.39 is 0 Å². The van der Waals surface area contributed by atoms with Crippen LogP contribution in [-0.2, 0) is 4.74 Å². The van der Waals surface area contributed by atoms with Crippen LogP contribution in [0.4, 0.5) is 11.4 Å². The molecular formula is C19H22N2O2. The van der Waals surface area contributed by atoms with Crippen LogP contribution < -0.4 is 10.6 Å². The van der Waals surface area contributed by atoms with Crippen molar-refractivity contribution < 1.29 is 9.53 Å². The number of amides is 1. The van der Waals surface area contributed by atoms with Gasteiger partial charge >= 0.3 is 0 Å². The van der Waals surface area contributed by atoms with Gasteiger partial charge in [0.2, 0.25) is 0 Å². The Morgan fingerprint density at radius 2 is 1.87 bits per heavy atom. The highest BCUT2D eigenvalue weighted by Gasteiger charge is 2.16. The van der Waals surface area contributed by atoms with Gasteiger partial charge in [0.25, 0.3) is 5.91 Å². The molecule has 1 aliphatic heterocycles. The SMILES string of the molecule is O=C(NCC[C@@H]1CCCO1)c1ccccc1Nc1ccccc1. The van der Waals surface area contributed by atoms with E-state index in [4.69, 9.17) is 4.74 Å². The van der Waals surface area contributed by atoms with Crippen molar-refractivity contribution in [2.24, 2.45) is 0 Å². The summed E-state index contributed by atoms with van der Waals surface area (Å²) in [6.45, 7) is 1.49. The van der Waals surface area contributed by atoms with Gasteiger partial charge in [-0.25, -0.2) is 0 Å². The van der Waals surface area contributed by atoms with Crippen molar-refractivity contribution in [3.63, 3.8) is 0 Å². The van der Waals surface area contributed by atoms with Gasteiger partial charge in [-0.3, -0.25) is 4.79 Å². The van der Waals surface area contributed by atoms with E-state index in [1.54, 1.807) is 0 Å². The molecule has 4 nitrogen and oxygen atoms in total. The zero-order valence-electron chi connectivity index (χ0n) is 13.1. The van der Waals surface area contributed by atoms with Crippen LogP contribution in [0.1, 0.15) is 29.6 Å². The number of carbonyl (C=O) groups is 1. The van der Waals surface area contributed by atoms with Gasteiger partial charge in [-0.05, 0) is 43.5 Å². The molecular weight excluding hydrogens is 288 g/mol. The van der Waals surface area contributed by atoms with Crippen molar-refractivity contribution in [2.45, 2.75) is 25.4 Å². The number of rotatable bonds is 6. The van der Waals surface area contributed by atoms with E-state index in [0.717, 1.165) is 37.2 Å². The minimum atomic E-state index is -0.0537. The number of para-hydroxylation sites is 2. The van der Waals surface area contributed by atoms with Crippen molar-refractivity contribution in [2.75, 3.05) is 18.5 Å². The molecule has 0 aromatic heterocycles. The zero-order chi connectivity index (χ0) is 15.9. The molecule has 1 atom stereocenters. The first-order valence-electron chi connectivity index (χ1n) is 8.14. The van der Waals surface area contributed by atoms with E-state index in [9.17, 15) is 4.79 Å². The molecule has 0 bridgehead atoms. The van der Waals surface area contributed by atoms with Crippen LogP contribution in [-0.4, -0.2) is 25.2 Å². The maximum absolute atomic E-state index is 12.4. The smallest absolute Gasteiger partial charge is 0.253 e. The molecule has 4 heteroatoms. The Bertz CT molecular complexity index is 637. The molecule has 1 aliphatic rings. The molecule has 1 heterocycles. The third kappa shape index (κ3) is 4.33. The molecule has 2 aromatic carbocycles. The Labute approximate surface area is 136 Å². The highest BCUT2D eigenvalue weighted by atomic mass is 16.5. The average Bonchev–Trinajstić information content (AvgIpc) is 3.09. The van der Waals surface area contributed by atoms with Gasteiger partial charge in [-0.2, -0.15) is 0 Å². The highest BCUT2D eigenvalue weighted by Crippen LogP contribution is 2.21. The lowest BCUT2D eigenvalue weighted by molar-refractivity contribution is 0.0908. The van der Waals surface area contributed by atoms with E-state index in [1.165, 1.54) is 0 Å². The first-order valence-corrected chi connectivity index (χ1v) is 8.14. The van der Waals surface area contributed by atoms with E-state index >= 15 is 0 Å². The summed E-state index contributed by atoms with van der Waals surface area (Å²) >= 11 is 0. The van der Waals surface area contributed by atoms with Crippen molar-refractivity contribution >= 4 is 17.3 Å². The number of ether oxygens (including phenoxy) is 1. The highest BCUT2D eigenvalue weighted by molar-refractivity contribution is 6.00. The molecule has 1 saturated heterocycles. The van der Waals surface area contributed by atoms with Gasteiger partial charge in [0, 0.05) is 18.8 Å². The maximum Gasteiger partial charge on any atom is 0.253 e. The largest absolute Gasteiger partial charge is 0.378 e. The standard InChI is InChI=1S/C19H22N2O2/c22-19(20-13-12-16-9-6-14-23-16)17-10-4-5-11-18(17)21-15-7-2-1-3-8-15/h1-5,7-8,10-11,16,21H,6,9,12-14H2,(H,20,22)/t16-/m0/s1. The fraction of sp³-hybridized carbons (Fsp3) is 0.316. The van der Waals surface area contributed by atoms with Crippen molar-refractivity contribution in [1.29, 1.82) is 0 Å². The summed E-state index contributed by atoms with van der Waals surface area (Å²) in [5, 5.41) is 6.29. The van der Waals surface area contributed by atoms with E-state index in [2.05, 4.69) is 10.6 Å². The summed E-state index contributed by atoms with van der Waals surface area (Å²) < 4.78 is 5.58. The van der Waals surface area contributed by atoms with Crippen LogP contribution in [0.2, 0.25) is 0 Å². The molecule has 23 heavy (non-hydrogen) atoms. The second-order valence-corrected chi connectivity index (χ2v) is 5.72. The normalized spacial score (nSPS) is 17.0. The summed E-state index contributed by atoms with van der Waals surface area (Å²) in [4.78, 5) is 12.4. The maximum atomic E-state index is 12.4. The average molecular weight is 310 g/mol. The molecule has 0 radical (unpaired) electrons. The third-order valence-electron chi connectivity index (χ3n) is 4.00. The van der Waals surface area contributed by atoms with Gasteiger partial charge in [-0.1, -0.05) is 30.3 Å². The van der Waals surface area contributed by atoms with Crippen LogP contribution in [0.3, 0.4) is 0 Å². The predicted molar refractivity (Wildman–Crippen MR) is 92.1 cm³/mol. The van der Waals surface area contributed by atoms with Crippen LogP contribution >= 0.6 is 0 Å². The summed E-state index contributed by atoms with van der Waals surface area (Å²) in [7, 11) is 0. The summed E-state index contributed by atoms with van der Waals surface area (Å²) in [6.07, 6.45) is 3.40. The van der Waals surface area contributed by atoms with Gasteiger partial charge in [0.15, 0.2) is 0 Å². The monoisotopic (exact) mass is 310 g/mol. The molecule has 1 fully saturated rings. The second-order valence-electron chi connectivity index (χ2n) is 5.72. The van der Waals surface area contributed by atoms with Crippen LogP contribution in [0.25, 0.3) is 0 Å². The number of nitrogens with one attached hydrogen (secondary N) is 2. The molecule has 0 spiro atoms. The lowest BCUT2D eigenvalue weighted by atomic mass is 10.1. The molecule has 0 saturated carbocycles. The van der Waals surface area contributed by atoms with E-state index in [-0.39, 0.29) is 5.91 Å². The van der Waals surface area contributed by atoms with E-state index in [1.807, 2.05) is 54.6 Å². The van der Waals surface area contributed by atoms with Crippen molar-refractivity contribution in [1.82, 2.24) is 5.32 Å². The Hall–Kier alpha value is -2.33. The molecule has 0 aliphatic carbocycles. The molecule has 3 rings (SSSR count). The van der Waals surface area contributed by atoms with Crippen LogP contribution in [0, 0.1) is 0 Å². The summed E-state index contributed by atoms with van der Waals surface area (Å²) in [5.41, 5.74) is 2.43. The lowest BCUT2D eigenvalue weighted by Crippen LogP contribution is -2.27. The Morgan fingerprint density at radius 3 is 2.65 bits per heavy atom. The van der Waals surface area contributed by atoms with E-state index in [0.29, 0.717) is 18.2 Å². The Balaban J connectivity index is 1.61. The zero-order valence-corrected chi connectivity index (χ0v) is 13.1. The van der Waals surface area contributed by atoms with Crippen molar-refractivity contribution in [3.8, 4) is 0 Å². The first-order chi connectivity index (χ1) is 11.3. The Morgan fingerprint density at radius 1 is 1.09 bits per heavy atom. The van der Waals surface area contributed by atoms with Gasteiger partial charge < -0.3 is 15.4 Å². The van der Waals surface area contributed by atoms with Gasteiger partial charge in [-0.15, -0.1) is 0 Å². The van der Waals surface area contributed by atoms with Gasteiger partial charge in [0.1, 0.15) is 0 Å². The quantitative estimate of drug-likeness (QED) is 0.855. The molecule has 120 valence electrons. The van der Waals surface area contributed by atoms with Crippen LogP contribution in [0.5, 0.6) is 0 Å². The minimum absolute atomic E-state index is 0.0537. The van der Waals surface area contributed by atoms with Crippen LogP contribution in [0.15, 0.2) is 54.6 Å². The predicted octanol–water partition coefficient (Wildman–Crippen LogP) is 3.73. The first kappa shape index (κ1) is 15.6. The van der Waals surface area contributed by atoms with Gasteiger partial charge in [0.05, 0.1) is 17.4 Å². The lowest BCUT2D eigenvalue weighted by Gasteiger charge is -2.13. The van der Waals surface area contributed by atoms with Crippen molar-refractivity contribution in [3.05, 3.63) is 60.2 Å². The number of benzene rings is 2. The Kier molecular flexibility index (Phi) is 5.27. The summed E-state index contributed by atoms with van der Waals surface area (Å²) in [5.74, 6) is -0.0537. The second kappa shape index (κ2) is 7.79.